The molecule has 0 spiro atoms. The van der Waals surface area contributed by atoms with E-state index in [-0.39, 0.29) is 25.6 Å². The lowest BCUT2D eigenvalue weighted by molar-refractivity contribution is -0.157. The Labute approximate surface area is 180 Å². The number of urea groups is 1. The lowest BCUT2D eigenvalue weighted by atomic mass is 9.89. The zero-order chi connectivity index (χ0) is 22.4. The summed E-state index contributed by atoms with van der Waals surface area (Å²) < 4.78 is 38.5. The molecule has 176 valence electrons. The lowest BCUT2D eigenvalue weighted by Gasteiger charge is -2.28. The highest BCUT2D eigenvalue weighted by Gasteiger charge is 2.49. The van der Waals surface area contributed by atoms with Gasteiger partial charge in [0.25, 0.3) is 5.91 Å². The van der Waals surface area contributed by atoms with Crippen LogP contribution in [0.3, 0.4) is 0 Å². The van der Waals surface area contributed by atoms with E-state index in [2.05, 4.69) is 9.66 Å². The minimum atomic E-state index is -4.66. The number of fused-ring (bicyclic) bond motifs is 2. The second-order valence-corrected chi connectivity index (χ2v) is 8.83. The van der Waals surface area contributed by atoms with Crippen molar-refractivity contribution in [3.63, 3.8) is 0 Å². The molecule has 2 heterocycles. The fraction of sp³-hybridized carbons (Fsp3) is 0.824. The van der Waals surface area contributed by atoms with Gasteiger partial charge in [-0.15, -0.1) is 4.28 Å². The third-order valence-corrected chi connectivity index (χ3v) is 6.25. The van der Waals surface area contributed by atoms with E-state index in [0.29, 0.717) is 30.7 Å². The van der Waals surface area contributed by atoms with Crippen LogP contribution in [0.4, 0.5) is 4.79 Å². The Kier molecular flexibility index (Phi) is 8.05. The van der Waals surface area contributed by atoms with E-state index in [0.717, 1.165) is 19.3 Å². The molecule has 3 aliphatic rings. The van der Waals surface area contributed by atoms with Crippen LogP contribution in [0.5, 0.6) is 0 Å². The first-order chi connectivity index (χ1) is 14.8. The van der Waals surface area contributed by atoms with Crippen molar-refractivity contribution in [2.45, 2.75) is 57.0 Å². The van der Waals surface area contributed by atoms with Crippen molar-refractivity contribution >= 4 is 28.3 Å². The number of hydrogen-bond acceptors (Lipinski definition) is 10. The summed E-state index contributed by atoms with van der Waals surface area (Å²) >= 11 is 0. The van der Waals surface area contributed by atoms with Gasteiger partial charge in [0.15, 0.2) is 0 Å². The molecular formula is C17H28N4O9S. The standard InChI is InChI=1S/C17H28N4O9S/c18-8-9-28-19-15(22)14-7-6-13-10-20(14)17(24)21(13)30-31(25,26)29-11-27-16(23)12-4-2-1-3-5-12/h12-14H,1-11,18H2,(H,19,22)/t13-,14+/m1/s1. The van der Waals surface area contributed by atoms with Gasteiger partial charge in [0.05, 0.1) is 18.6 Å². The highest BCUT2D eigenvalue weighted by atomic mass is 32.3. The van der Waals surface area contributed by atoms with Crippen molar-refractivity contribution in [3.05, 3.63) is 0 Å². The monoisotopic (exact) mass is 464 g/mol. The number of piperidine rings is 1. The maximum Gasteiger partial charge on any atom is 0.424 e. The third-order valence-electron chi connectivity index (χ3n) is 5.52. The Balaban J connectivity index is 1.48. The molecule has 2 bridgehead atoms. The number of carbonyl (C=O) groups is 3. The maximum absolute atomic E-state index is 12.6. The van der Waals surface area contributed by atoms with Gasteiger partial charge in [-0.2, -0.15) is 13.5 Å². The van der Waals surface area contributed by atoms with Gasteiger partial charge in [-0.05, 0) is 25.7 Å². The number of ether oxygens (including phenoxy) is 1. The molecule has 13 nitrogen and oxygen atoms in total. The van der Waals surface area contributed by atoms with Crippen LogP contribution in [0.2, 0.25) is 0 Å². The molecule has 3 rings (SSSR count). The largest absolute Gasteiger partial charge is 0.437 e. The SMILES string of the molecule is NCCONC(=O)[C@@H]1CC[C@@H]2CN1C(=O)N2OS(=O)(=O)OCOC(=O)C1CCCCC1. The van der Waals surface area contributed by atoms with Crippen LogP contribution in [-0.4, -0.2) is 74.9 Å². The Morgan fingerprint density at radius 1 is 1.13 bits per heavy atom. The average molecular weight is 464 g/mol. The summed E-state index contributed by atoms with van der Waals surface area (Å²) in [7, 11) is -4.66. The number of nitrogens with one attached hydrogen (secondary N) is 1. The topological polar surface area (TPSA) is 167 Å². The van der Waals surface area contributed by atoms with Crippen LogP contribution in [0.1, 0.15) is 44.9 Å². The van der Waals surface area contributed by atoms with Gasteiger partial charge in [0.2, 0.25) is 6.79 Å². The molecule has 0 unspecified atom stereocenters. The molecule has 3 N–H and O–H groups in total. The number of esters is 1. The molecule has 0 aromatic heterocycles. The molecule has 31 heavy (non-hydrogen) atoms. The van der Waals surface area contributed by atoms with Crippen molar-refractivity contribution in [2.75, 3.05) is 26.5 Å². The average Bonchev–Trinajstić information content (AvgIpc) is 2.98. The number of amides is 3. The van der Waals surface area contributed by atoms with Gasteiger partial charge in [0.1, 0.15) is 6.04 Å². The predicted molar refractivity (Wildman–Crippen MR) is 103 cm³/mol. The fourth-order valence-electron chi connectivity index (χ4n) is 3.97. The van der Waals surface area contributed by atoms with E-state index in [9.17, 15) is 22.8 Å². The van der Waals surface area contributed by atoms with Gasteiger partial charge >= 0.3 is 22.4 Å². The summed E-state index contributed by atoms with van der Waals surface area (Å²) in [4.78, 5) is 42.8. The first kappa shape index (κ1) is 23.7. The molecule has 2 aliphatic heterocycles. The van der Waals surface area contributed by atoms with E-state index in [1.807, 2.05) is 0 Å². The molecule has 3 fully saturated rings. The van der Waals surface area contributed by atoms with Crippen LogP contribution in [0, 0.1) is 5.92 Å². The fourth-order valence-corrected chi connectivity index (χ4v) is 4.56. The summed E-state index contributed by atoms with van der Waals surface area (Å²) in [6.07, 6.45) is 4.96. The summed E-state index contributed by atoms with van der Waals surface area (Å²) in [5, 5.41) is 0.673. The Morgan fingerprint density at radius 3 is 2.58 bits per heavy atom. The van der Waals surface area contributed by atoms with Crippen molar-refractivity contribution in [2.24, 2.45) is 11.7 Å². The van der Waals surface area contributed by atoms with Crippen LogP contribution < -0.4 is 11.2 Å². The molecule has 0 aromatic rings. The van der Waals surface area contributed by atoms with Crippen molar-refractivity contribution < 1.29 is 40.8 Å². The number of nitrogens with zero attached hydrogens (tertiary/aromatic N) is 2. The first-order valence-corrected chi connectivity index (χ1v) is 11.6. The number of carbonyl (C=O) groups excluding carboxylic acids is 3. The summed E-state index contributed by atoms with van der Waals surface area (Å²) in [6, 6.07) is -2.17. The van der Waals surface area contributed by atoms with Crippen LogP contribution in [0.15, 0.2) is 0 Å². The van der Waals surface area contributed by atoms with E-state index < -0.39 is 47.2 Å². The summed E-state index contributed by atoms with van der Waals surface area (Å²) in [5.41, 5.74) is 7.50. The summed E-state index contributed by atoms with van der Waals surface area (Å²) in [6.45, 7) is -0.395. The quantitative estimate of drug-likeness (QED) is 0.187. The molecule has 2 saturated heterocycles. The Morgan fingerprint density at radius 2 is 1.87 bits per heavy atom. The van der Waals surface area contributed by atoms with E-state index in [4.69, 9.17) is 19.6 Å². The number of nitrogens with two attached hydrogens (primary N) is 1. The van der Waals surface area contributed by atoms with Crippen LogP contribution in [0.25, 0.3) is 0 Å². The minimum absolute atomic E-state index is 0.111. The normalized spacial score (nSPS) is 24.4. The van der Waals surface area contributed by atoms with E-state index in [1.165, 1.54) is 4.90 Å². The highest BCUT2D eigenvalue weighted by molar-refractivity contribution is 7.81. The maximum atomic E-state index is 12.6. The third kappa shape index (κ3) is 6.04. The van der Waals surface area contributed by atoms with Gasteiger partial charge in [-0.1, -0.05) is 19.3 Å². The zero-order valence-corrected chi connectivity index (χ0v) is 17.9. The van der Waals surface area contributed by atoms with E-state index in [1.54, 1.807) is 0 Å². The van der Waals surface area contributed by atoms with Gasteiger partial charge in [0, 0.05) is 13.1 Å². The predicted octanol–water partition coefficient (Wildman–Crippen LogP) is -0.464. The van der Waals surface area contributed by atoms with Crippen molar-refractivity contribution in [1.82, 2.24) is 15.4 Å². The van der Waals surface area contributed by atoms with Gasteiger partial charge in [-0.25, -0.2) is 14.5 Å². The molecular weight excluding hydrogens is 436 g/mol. The van der Waals surface area contributed by atoms with Crippen LogP contribution in [-0.2, 0) is 38.0 Å². The van der Waals surface area contributed by atoms with Gasteiger partial charge < -0.3 is 15.4 Å². The van der Waals surface area contributed by atoms with E-state index >= 15 is 0 Å². The van der Waals surface area contributed by atoms with Crippen LogP contribution >= 0.6 is 0 Å². The molecule has 1 saturated carbocycles. The van der Waals surface area contributed by atoms with Crippen molar-refractivity contribution in [1.29, 1.82) is 0 Å². The Hall–Kier alpha value is -2.00. The molecule has 0 aromatic carbocycles. The molecule has 0 radical (unpaired) electrons. The highest BCUT2D eigenvalue weighted by Crippen LogP contribution is 2.31. The number of hydrogen-bond donors (Lipinski definition) is 2. The summed E-state index contributed by atoms with van der Waals surface area (Å²) in [5.74, 6) is -1.30. The second kappa shape index (κ2) is 10.5. The molecule has 3 amide bonds. The molecule has 14 heteroatoms. The van der Waals surface area contributed by atoms with Crippen molar-refractivity contribution in [3.8, 4) is 0 Å². The second-order valence-electron chi connectivity index (χ2n) is 7.63. The number of rotatable bonds is 10. The Bertz CT molecular complexity index is 772. The first-order valence-electron chi connectivity index (χ1n) is 10.3. The smallest absolute Gasteiger partial charge is 0.424 e. The zero-order valence-electron chi connectivity index (χ0n) is 17.1. The molecule has 1 aliphatic carbocycles. The minimum Gasteiger partial charge on any atom is -0.437 e. The van der Waals surface area contributed by atoms with Gasteiger partial charge in [-0.3, -0.25) is 14.4 Å². The lowest BCUT2D eigenvalue weighted by Crippen LogP contribution is -2.50. The molecule has 2 atom stereocenters. The number of hydroxylamine groups is 3.